The summed E-state index contributed by atoms with van der Waals surface area (Å²) in [4.78, 5) is 0. The second-order valence-corrected chi connectivity index (χ2v) is 7.73. The molecule has 0 saturated heterocycles. The van der Waals surface area contributed by atoms with Crippen LogP contribution in [0.3, 0.4) is 0 Å². The third kappa shape index (κ3) is 3.60. The average Bonchev–Trinajstić information content (AvgIpc) is 2.69. The van der Waals surface area contributed by atoms with Crippen LogP contribution in [0.25, 0.3) is 10.8 Å². The summed E-state index contributed by atoms with van der Waals surface area (Å²) in [7, 11) is 0. The minimum Gasteiger partial charge on any atom is -0.205 e. The van der Waals surface area contributed by atoms with E-state index in [1.807, 2.05) is 0 Å². The molecule has 1 aliphatic carbocycles. The first-order valence-electron chi connectivity index (χ1n) is 9.64. The summed E-state index contributed by atoms with van der Waals surface area (Å²) in [5.74, 6) is 7.02. The number of benzene rings is 3. The molecule has 0 amide bonds. The fraction of sp³-hybridized carbons (Fsp3) is 0.280. The van der Waals surface area contributed by atoms with Gasteiger partial charge in [-0.1, -0.05) is 73.2 Å². The van der Waals surface area contributed by atoms with Gasteiger partial charge in [-0.05, 0) is 65.3 Å². The van der Waals surface area contributed by atoms with Crippen LogP contribution in [0.5, 0.6) is 0 Å². The Morgan fingerprint density at radius 1 is 1.11 bits per heavy atom. The Bertz CT molecular complexity index is 1040. The van der Waals surface area contributed by atoms with Crippen molar-refractivity contribution < 1.29 is 4.39 Å². The topological polar surface area (TPSA) is 0 Å². The lowest BCUT2D eigenvalue weighted by Gasteiger charge is -2.31. The zero-order valence-electron chi connectivity index (χ0n) is 15.4. The number of hydrogen-bond acceptors (Lipinski definition) is 0. The van der Waals surface area contributed by atoms with Gasteiger partial charge in [0, 0.05) is 11.5 Å². The molecule has 2 unspecified atom stereocenters. The van der Waals surface area contributed by atoms with E-state index < -0.39 is 5.82 Å². The molecule has 0 fully saturated rings. The average molecular weight is 377 g/mol. The van der Waals surface area contributed by atoms with E-state index in [-0.39, 0.29) is 10.9 Å². The highest BCUT2D eigenvalue weighted by Crippen LogP contribution is 2.41. The molecule has 2 atom stereocenters. The van der Waals surface area contributed by atoms with Crippen LogP contribution >= 0.6 is 11.6 Å². The van der Waals surface area contributed by atoms with Crippen molar-refractivity contribution in [3.8, 4) is 11.8 Å². The lowest BCUT2D eigenvalue weighted by Crippen LogP contribution is -2.20. The van der Waals surface area contributed by atoms with Crippen LogP contribution in [-0.2, 0) is 6.42 Å². The van der Waals surface area contributed by atoms with E-state index in [1.54, 1.807) is 12.1 Å². The molecular weight excluding hydrogens is 355 g/mol. The summed E-state index contributed by atoms with van der Waals surface area (Å²) >= 11 is 5.79. The van der Waals surface area contributed by atoms with Crippen molar-refractivity contribution >= 4 is 22.4 Å². The maximum Gasteiger partial charge on any atom is 0.143 e. The molecule has 3 aromatic rings. The Kier molecular flexibility index (Phi) is 5.19. The number of fused-ring (bicyclic) bond motifs is 3. The van der Waals surface area contributed by atoms with Crippen molar-refractivity contribution in [3.05, 3.63) is 82.1 Å². The van der Waals surface area contributed by atoms with E-state index in [0.717, 1.165) is 19.3 Å². The molecule has 1 aliphatic rings. The Morgan fingerprint density at radius 2 is 1.96 bits per heavy atom. The first kappa shape index (κ1) is 18.1. The molecular formula is C25H22ClF. The largest absolute Gasteiger partial charge is 0.205 e. The number of rotatable bonds is 2. The van der Waals surface area contributed by atoms with Gasteiger partial charge < -0.3 is 0 Å². The highest BCUT2D eigenvalue weighted by atomic mass is 35.5. The second-order valence-electron chi connectivity index (χ2n) is 7.32. The van der Waals surface area contributed by atoms with Crippen LogP contribution in [-0.4, -0.2) is 0 Å². The van der Waals surface area contributed by atoms with E-state index >= 15 is 0 Å². The highest BCUT2D eigenvalue weighted by Gasteiger charge is 2.28. The van der Waals surface area contributed by atoms with Gasteiger partial charge in [0.25, 0.3) is 0 Å². The summed E-state index contributed by atoms with van der Waals surface area (Å²) in [6, 6.07) is 17.8. The van der Waals surface area contributed by atoms with Crippen LogP contribution < -0.4 is 0 Å². The van der Waals surface area contributed by atoms with Gasteiger partial charge in [-0.3, -0.25) is 0 Å². The van der Waals surface area contributed by atoms with Crippen molar-refractivity contribution in [2.24, 2.45) is 5.92 Å². The van der Waals surface area contributed by atoms with Crippen molar-refractivity contribution in [1.29, 1.82) is 0 Å². The quantitative estimate of drug-likeness (QED) is 0.417. The predicted octanol–water partition coefficient (Wildman–Crippen LogP) is 7.13. The van der Waals surface area contributed by atoms with E-state index in [2.05, 4.69) is 55.2 Å². The van der Waals surface area contributed by atoms with Gasteiger partial charge in [0.15, 0.2) is 0 Å². The molecule has 2 heteroatoms. The molecule has 0 saturated carbocycles. The molecule has 27 heavy (non-hydrogen) atoms. The minimum absolute atomic E-state index is 0.138. The SMILES string of the molecule is CCCC1CCc2c(ccc3ccccc23)C1C#Cc1ccc(Cl)c(F)c1. The summed E-state index contributed by atoms with van der Waals surface area (Å²) in [5, 5.41) is 2.77. The van der Waals surface area contributed by atoms with Crippen molar-refractivity contribution in [1.82, 2.24) is 0 Å². The van der Waals surface area contributed by atoms with Crippen LogP contribution in [0.4, 0.5) is 4.39 Å². The van der Waals surface area contributed by atoms with E-state index in [1.165, 1.54) is 34.4 Å². The summed E-state index contributed by atoms with van der Waals surface area (Å²) in [6.45, 7) is 2.23. The molecule has 0 nitrogen and oxygen atoms in total. The molecule has 0 radical (unpaired) electrons. The zero-order valence-corrected chi connectivity index (χ0v) is 16.2. The van der Waals surface area contributed by atoms with Gasteiger partial charge in [0.2, 0.25) is 0 Å². The molecule has 0 N–H and O–H groups in total. The molecule has 136 valence electrons. The lowest BCUT2D eigenvalue weighted by atomic mass is 9.72. The maximum atomic E-state index is 13.8. The first-order valence-corrected chi connectivity index (χ1v) is 10.0. The van der Waals surface area contributed by atoms with Gasteiger partial charge in [-0.15, -0.1) is 0 Å². The number of hydrogen-bond donors (Lipinski definition) is 0. The van der Waals surface area contributed by atoms with Gasteiger partial charge in [0.1, 0.15) is 5.82 Å². The Labute approximate surface area is 165 Å². The second kappa shape index (κ2) is 7.75. The van der Waals surface area contributed by atoms with E-state index in [0.29, 0.717) is 11.5 Å². The summed E-state index contributed by atoms with van der Waals surface area (Å²) in [6.07, 6.45) is 4.58. The molecule has 0 spiro atoms. The summed E-state index contributed by atoms with van der Waals surface area (Å²) in [5.41, 5.74) is 3.46. The maximum absolute atomic E-state index is 13.8. The third-order valence-electron chi connectivity index (χ3n) is 5.60. The van der Waals surface area contributed by atoms with Gasteiger partial charge in [0.05, 0.1) is 5.02 Å². The third-order valence-corrected chi connectivity index (χ3v) is 5.91. The molecule has 0 aliphatic heterocycles. The van der Waals surface area contributed by atoms with Crippen molar-refractivity contribution in [2.75, 3.05) is 0 Å². The van der Waals surface area contributed by atoms with E-state index in [4.69, 9.17) is 11.6 Å². The van der Waals surface area contributed by atoms with Gasteiger partial charge in [-0.2, -0.15) is 0 Å². The smallest absolute Gasteiger partial charge is 0.143 e. The van der Waals surface area contributed by atoms with E-state index in [9.17, 15) is 4.39 Å². The lowest BCUT2D eigenvalue weighted by molar-refractivity contribution is 0.394. The molecule has 0 heterocycles. The van der Waals surface area contributed by atoms with Crippen molar-refractivity contribution in [2.45, 2.75) is 38.5 Å². The number of aryl methyl sites for hydroxylation is 1. The first-order chi connectivity index (χ1) is 13.2. The monoisotopic (exact) mass is 376 g/mol. The standard InChI is InChI=1S/C25H22ClF/c1-2-5-18-10-13-22-20-7-4-3-6-19(20)11-14-23(22)21(18)12-8-17-9-15-24(26)25(27)16-17/h3-4,6-7,9,11,14-16,18,21H,2,5,10,13H2,1H3. The normalized spacial score (nSPS) is 18.6. The number of halogens is 2. The predicted molar refractivity (Wildman–Crippen MR) is 112 cm³/mol. The van der Waals surface area contributed by atoms with Gasteiger partial charge in [-0.25, -0.2) is 4.39 Å². The highest BCUT2D eigenvalue weighted by molar-refractivity contribution is 6.30. The molecule has 3 aromatic carbocycles. The fourth-order valence-electron chi connectivity index (χ4n) is 4.29. The zero-order chi connectivity index (χ0) is 18.8. The molecule has 0 aromatic heterocycles. The van der Waals surface area contributed by atoms with Crippen LogP contribution in [0.15, 0.2) is 54.6 Å². The minimum atomic E-state index is -0.413. The molecule has 4 rings (SSSR count). The Hall–Kier alpha value is -2.30. The Balaban J connectivity index is 1.78. The summed E-state index contributed by atoms with van der Waals surface area (Å²) < 4.78 is 13.8. The fourth-order valence-corrected chi connectivity index (χ4v) is 4.40. The Morgan fingerprint density at radius 3 is 2.78 bits per heavy atom. The van der Waals surface area contributed by atoms with Crippen LogP contribution in [0, 0.1) is 23.6 Å². The van der Waals surface area contributed by atoms with Crippen molar-refractivity contribution in [3.63, 3.8) is 0 Å². The van der Waals surface area contributed by atoms with Gasteiger partial charge >= 0.3 is 0 Å². The molecule has 0 bridgehead atoms. The van der Waals surface area contributed by atoms with Crippen LogP contribution in [0.2, 0.25) is 5.02 Å². The van der Waals surface area contributed by atoms with Crippen LogP contribution in [0.1, 0.15) is 48.8 Å².